The average molecular weight is 467 g/mol. The summed E-state index contributed by atoms with van der Waals surface area (Å²) in [7, 11) is 0. The molecule has 0 saturated carbocycles. The van der Waals surface area contributed by atoms with Crippen molar-refractivity contribution in [3.05, 3.63) is 131 Å². The molecule has 0 fully saturated rings. The van der Waals surface area contributed by atoms with Crippen LogP contribution < -0.4 is 9.47 Å². The van der Waals surface area contributed by atoms with Gasteiger partial charge in [0, 0.05) is 6.07 Å². The third kappa shape index (κ3) is 6.73. The van der Waals surface area contributed by atoms with Crippen LogP contribution in [0.1, 0.15) is 52.4 Å². The lowest BCUT2D eigenvalue weighted by Crippen LogP contribution is -2.11. The number of carbonyl (C=O) groups is 1. The van der Waals surface area contributed by atoms with E-state index in [4.69, 9.17) is 14.2 Å². The highest BCUT2D eigenvalue weighted by atomic mass is 16.5. The lowest BCUT2D eigenvalue weighted by Gasteiger charge is -2.19. The van der Waals surface area contributed by atoms with E-state index >= 15 is 0 Å². The first kappa shape index (κ1) is 24.1. The van der Waals surface area contributed by atoms with Crippen molar-refractivity contribution in [2.24, 2.45) is 0 Å². The van der Waals surface area contributed by atoms with E-state index in [1.807, 2.05) is 103 Å². The van der Waals surface area contributed by atoms with Crippen LogP contribution in [-0.4, -0.2) is 5.97 Å². The van der Waals surface area contributed by atoms with Crippen LogP contribution in [0.15, 0.2) is 103 Å². The first-order valence-electron chi connectivity index (χ1n) is 11.8. The molecule has 0 bridgehead atoms. The summed E-state index contributed by atoms with van der Waals surface area (Å²) in [5, 5.41) is 0. The van der Waals surface area contributed by atoms with E-state index in [-0.39, 0.29) is 12.5 Å². The number of hydrogen-bond acceptors (Lipinski definition) is 4. The van der Waals surface area contributed by atoms with Gasteiger partial charge in [-0.15, -0.1) is 0 Å². The van der Waals surface area contributed by atoms with Gasteiger partial charge in [-0.25, -0.2) is 4.79 Å². The molecule has 35 heavy (non-hydrogen) atoms. The van der Waals surface area contributed by atoms with Crippen LogP contribution in [0.5, 0.6) is 11.5 Å². The quantitative estimate of drug-likeness (QED) is 0.230. The van der Waals surface area contributed by atoms with Crippen LogP contribution in [0.4, 0.5) is 0 Å². The predicted octanol–water partition coefficient (Wildman–Crippen LogP) is 7.33. The van der Waals surface area contributed by atoms with Crippen LogP contribution in [-0.2, 0) is 24.6 Å². The Labute approximate surface area is 207 Å². The van der Waals surface area contributed by atoms with Gasteiger partial charge >= 0.3 is 5.97 Å². The van der Waals surface area contributed by atoms with E-state index in [0.717, 1.165) is 22.3 Å². The zero-order chi connectivity index (χ0) is 24.5. The molecule has 0 atom stereocenters. The topological polar surface area (TPSA) is 44.8 Å². The summed E-state index contributed by atoms with van der Waals surface area (Å²) in [5.74, 6) is 0.865. The molecule has 4 nitrogen and oxygen atoms in total. The van der Waals surface area contributed by atoms with Crippen LogP contribution in [0.25, 0.3) is 0 Å². The van der Waals surface area contributed by atoms with Gasteiger partial charge < -0.3 is 14.2 Å². The molecule has 0 amide bonds. The van der Waals surface area contributed by atoms with Crippen molar-refractivity contribution in [3.8, 4) is 11.5 Å². The van der Waals surface area contributed by atoms with Gasteiger partial charge in [0.25, 0.3) is 0 Å². The molecule has 0 unspecified atom stereocenters. The second-order valence-corrected chi connectivity index (χ2v) is 8.65. The number of ether oxygens (including phenoxy) is 3. The summed E-state index contributed by atoms with van der Waals surface area (Å²) in [4.78, 5) is 13.2. The van der Waals surface area contributed by atoms with Crippen molar-refractivity contribution in [3.63, 3.8) is 0 Å². The molecule has 4 aromatic rings. The molecule has 4 heteroatoms. The lowest BCUT2D eigenvalue weighted by molar-refractivity contribution is 0.0467. The monoisotopic (exact) mass is 466 g/mol. The summed E-state index contributed by atoms with van der Waals surface area (Å²) < 4.78 is 18.0. The van der Waals surface area contributed by atoms with E-state index in [1.54, 1.807) is 0 Å². The van der Waals surface area contributed by atoms with Crippen molar-refractivity contribution in [2.75, 3.05) is 0 Å². The van der Waals surface area contributed by atoms with Gasteiger partial charge in [0.1, 0.15) is 36.9 Å². The summed E-state index contributed by atoms with van der Waals surface area (Å²) in [6.45, 7) is 5.11. The molecule has 0 aromatic heterocycles. The maximum Gasteiger partial charge on any atom is 0.342 e. The first-order chi connectivity index (χ1) is 17.1. The van der Waals surface area contributed by atoms with E-state index in [1.165, 1.54) is 0 Å². The van der Waals surface area contributed by atoms with Crippen molar-refractivity contribution < 1.29 is 19.0 Å². The fraction of sp³-hybridized carbons (Fsp3) is 0.194. The smallest absolute Gasteiger partial charge is 0.342 e. The summed E-state index contributed by atoms with van der Waals surface area (Å²) in [5.41, 5.74) is 4.34. The van der Waals surface area contributed by atoms with Gasteiger partial charge in [0.05, 0.1) is 0 Å². The molecule has 0 N–H and O–H groups in total. The molecule has 4 rings (SSSR count). The van der Waals surface area contributed by atoms with Gasteiger partial charge in [-0.3, -0.25) is 0 Å². The minimum absolute atomic E-state index is 0.143. The Morgan fingerprint density at radius 3 is 1.57 bits per heavy atom. The maximum absolute atomic E-state index is 13.2. The standard InChI is InChI=1S/C31H30O4/c1-23(2)27-18-28(31(32)35-22-26-16-10-5-11-17-26)30(34-21-25-14-8-4-9-15-25)19-29(27)33-20-24-12-6-3-7-13-24/h3-19,23H,20-22H2,1-2H3. The Morgan fingerprint density at radius 1 is 0.629 bits per heavy atom. The number of benzene rings is 4. The Balaban J connectivity index is 1.62. The zero-order valence-corrected chi connectivity index (χ0v) is 20.1. The Hall–Kier alpha value is -4.05. The highest BCUT2D eigenvalue weighted by molar-refractivity contribution is 5.93. The fourth-order valence-corrected chi connectivity index (χ4v) is 3.70. The summed E-state index contributed by atoms with van der Waals surface area (Å²) >= 11 is 0. The molecule has 0 aliphatic heterocycles. The zero-order valence-electron chi connectivity index (χ0n) is 20.1. The molecular formula is C31H30O4. The van der Waals surface area contributed by atoms with E-state index in [2.05, 4.69) is 13.8 Å². The van der Waals surface area contributed by atoms with Crippen molar-refractivity contribution in [2.45, 2.75) is 39.6 Å². The van der Waals surface area contributed by atoms with Crippen molar-refractivity contribution in [1.82, 2.24) is 0 Å². The van der Waals surface area contributed by atoms with E-state index in [0.29, 0.717) is 30.3 Å². The Kier molecular flexibility index (Phi) is 8.18. The number of carbonyl (C=O) groups excluding carboxylic acids is 1. The van der Waals surface area contributed by atoms with Crippen molar-refractivity contribution in [1.29, 1.82) is 0 Å². The second-order valence-electron chi connectivity index (χ2n) is 8.65. The number of esters is 1. The number of rotatable bonds is 10. The second kappa shape index (κ2) is 11.9. The Morgan fingerprint density at radius 2 is 1.09 bits per heavy atom. The Bertz CT molecular complexity index is 1220. The van der Waals surface area contributed by atoms with Gasteiger partial charge in [-0.05, 0) is 34.2 Å². The molecule has 4 aromatic carbocycles. The minimum atomic E-state index is -0.423. The molecule has 0 aliphatic rings. The fourth-order valence-electron chi connectivity index (χ4n) is 3.70. The van der Waals surface area contributed by atoms with E-state index in [9.17, 15) is 4.79 Å². The van der Waals surface area contributed by atoms with Crippen LogP contribution in [0, 0.1) is 0 Å². The van der Waals surface area contributed by atoms with Crippen LogP contribution >= 0.6 is 0 Å². The highest BCUT2D eigenvalue weighted by Crippen LogP contribution is 2.35. The maximum atomic E-state index is 13.2. The molecular weight excluding hydrogens is 436 g/mol. The largest absolute Gasteiger partial charge is 0.488 e. The lowest BCUT2D eigenvalue weighted by atomic mass is 9.98. The van der Waals surface area contributed by atoms with Gasteiger partial charge in [0.15, 0.2) is 0 Å². The molecule has 0 aliphatic carbocycles. The van der Waals surface area contributed by atoms with Gasteiger partial charge in [-0.2, -0.15) is 0 Å². The summed E-state index contributed by atoms with van der Waals surface area (Å²) in [6.07, 6.45) is 0. The third-order valence-corrected chi connectivity index (χ3v) is 5.64. The molecule has 0 radical (unpaired) electrons. The SMILES string of the molecule is CC(C)c1cc(C(=O)OCc2ccccc2)c(OCc2ccccc2)cc1OCc1ccccc1. The van der Waals surface area contributed by atoms with Crippen molar-refractivity contribution >= 4 is 5.97 Å². The molecule has 178 valence electrons. The molecule has 0 saturated heterocycles. The predicted molar refractivity (Wildman–Crippen MR) is 138 cm³/mol. The number of hydrogen-bond donors (Lipinski definition) is 0. The summed E-state index contributed by atoms with van der Waals surface area (Å²) in [6, 6.07) is 33.2. The van der Waals surface area contributed by atoms with E-state index < -0.39 is 5.97 Å². The first-order valence-corrected chi connectivity index (χ1v) is 11.8. The van der Waals surface area contributed by atoms with Gasteiger partial charge in [-0.1, -0.05) is 105 Å². The third-order valence-electron chi connectivity index (χ3n) is 5.64. The minimum Gasteiger partial charge on any atom is -0.488 e. The average Bonchev–Trinajstić information content (AvgIpc) is 2.90. The highest BCUT2D eigenvalue weighted by Gasteiger charge is 2.21. The van der Waals surface area contributed by atoms with Crippen LogP contribution in [0.3, 0.4) is 0 Å². The van der Waals surface area contributed by atoms with Gasteiger partial charge in [0.2, 0.25) is 0 Å². The van der Waals surface area contributed by atoms with Crippen LogP contribution in [0.2, 0.25) is 0 Å². The molecule has 0 heterocycles. The molecule has 0 spiro atoms. The normalized spacial score (nSPS) is 10.7.